The summed E-state index contributed by atoms with van der Waals surface area (Å²) in [6, 6.07) is 0. The number of ketones is 9. The van der Waals surface area contributed by atoms with Gasteiger partial charge in [-0.05, 0) is 189 Å². The van der Waals surface area contributed by atoms with E-state index in [1.165, 1.54) is 201 Å². The minimum atomic E-state index is -0.0366. The van der Waals surface area contributed by atoms with Crippen molar-refractivity contribution >= 4 is 204 Å². The fraction of sp³-hybridized carbons (Fsp3) is 0.625. The molecule has 0 saturated carbocycles. The van der Waals surface area contributed by atoms with Crippen molar-refractivity contribution in [2.24, 2.45) is 17.8 Å². The van der Waals surface area contributed by atoms with Crippen LogP contribution in [0.15, 0.2) is 112 Å². The van der Waals surface area contributed by atoms with Crippen LogP contribution < -0.4 is 0 Å². The third kappa shape index (κ3) is 121. The molecule has 1 rings (SSSR count). The summed E-state index contributed by atoms with van der Waals surface area (Å²) in [7, 11) is 0. The predicted molar refractivity (Wildman–Crippen MR) is 537 cm³/mol. The monoisotopic (exact) mass is 1880 g/mol. The molecular weight excluding hydrogens is 1730 g/mol. The van der Waals surface area contributed by atoms with E-state index in [0.717, 1.165) is 161 Å². The van der Waals surface area contributed by atoms with E-state index < -0.39 is 0 Å². The highest BCUT2D eigenvalue weighted by Gasteiger charge is 2.26. The number of thioether (sulfide) groups is 9. The first-order chi connectivity index (χ1) is 57.8. The second-order valence-electron chi connectivity index (χ2n) is 29.2. The number of hydrogen-bond donors (Lipinski definition) is 0. The number of Topliss-reactive ketones (excluding diaryl/α,β-unsaturated/α-hetero) is 4. The molecule has 1 aliphatic rings. The van der Waals surface area contributed by atoms with Gasteiger partial charge in [-0.1, -0.05) is 243 Å². The normalized spacial score (nSPS) is 11.6. The number of allylic oxidation sites excluding steroid dienone is 9. The van der Waals surface area contributed by atoms with Gasteiger partial charge in [-0.3, -0.25) is 86.3 Å². The molecule has 0 spiro atoms. The van der Waals surface area contributed by atoms with Gasteiger partial charge in [0.2, 0.25) is 0 Å². The van der Waals surface area contributed by atoms with Gasteiger partial charge in [0, 0.05) is 171 Å². The molecule has 3 atom stereocenters. The van der Waals surface area contributed by atoms with E-state index in [2.05, 4.69) is 73.1 Å². The molecule has 0 radical (unpaired) electrons. The standard InChI is InChI=1S/C15H26O2S.C14H24O2S.C12H20O2S.C11H18O2S.C10H16O2S.2C9H14O2S.C8H10O2S.C8H12O2S/c1-13(2)15(17)11-9-7-5-4-6-8-10-12-18-14(3)16;1-3-14(16)11-9-7-5-4-6-8-10-12-17-13(2)15;1-9(2)12(14)7-5-6-10(3)8-15-11(4)13;1-4-11(13)7-5-6-9(2)8-14-10(3)12;1-8(2)10(12)6-4-5-7-13-9(3)11;1-7(2)9(11)5-4-6-12-8(3)10;1-3-9(11)6-4-5-7-12-8(2)10;1-2-7(9)5-6-3-4-11-8(6)10;1-3-8(10)5-4-6-11-7(2)9/h1,4-12H2,2-3H3;3H,1,4-12H2,2H3;10H,1,5-8H2,2-4H3;4,9H,1,5-8H2,2-3H3;1,4-7H2,2-3H3;1,4-6H2,2-3H3;3H,1,4-7H2,2H3;2,6H,1,3-5H2;3H,1,4-6H2,2H3. The van der Waals surface area contributed by atoms with Crippen LogP contribution in [-0.2, 0) is 86.3 Å². The van der Waals surface area contributed by atoms with Gasteiger partial charge in [0.15, 0.2) is 98.1 Å². The fourth-order valence-corrected chi connectivity index (χ4v) is 15.5. The summed E-state index contributed by atoms with van der Waals surface area (Å²) in [5.41, 5.74) is 2.54. The fourth-order valence-electron chi connectivity index (χ4n) is 9.35. The Bertz CT molecular complexity index is 3220. The molecule has 0 amide bonds. The van der Waals surface area contributed by atoms with Crippen LogP contribution in [0.25, 0.3) is 0 Å². The Balaban J connectivity index is -0.000000203. The lowest BCUT2D eigenvalue weighted by Gasteiger charge is -2.08. The summed E-state index contributed by atoms with van der Waals surface area (Å²) in [6.45, 7) is 55.1. The zero-order valence-electron chi connectivity index (χ0n) is 77.4. The van der Waals surface area contributed by atoms with Crippen LogP contribution in [0.1, 0.15) is 315 Å². The highest BCUT2D eigenvalue weighted by Crippen LogP contribution is 2.28. The second-order valence-corrected chi connectivity index (χ2v) is 40.4. The Kier molecular flexibility index (Phi) is 106. The maximum absolute atomic E-state index is 11.3. The van der Waals surface area contributed by atoms with Gasteiger partial charge in [0.25, 0.3) is 0 Å². The average molecular weight is 1880 g/mol. The largest absolute Gasteiger partial charge is 0.295 e. The molecule has 0 aromatic rings. The first kappa shape index (κ1) is 133. The van der Waals surface area contributed by atoms with Gasteiger partial charge in [-0.2, -0.15) is 0 Å². The van der Waals surface area contributed by atoms with E-state index in [-0.39, 0.29) is 104 Å². The maximum atomic E-state index is 11.3. The molecule has 700 valence electrons. The minimum absolute atomic E-state index is 0.0224. The topological polar surface area (TPSA) is 307 Å². The van der Waals surface area contributed by atoms with Gasteiger partial charge < -0.3 is 0 Å². The van der Waals surface area contributed by atoms with Gasteiger partial charge in [0.1, 0.15) is 0 Å². The molecule has 0 N–H and O–H groups in total. The molecule has 27 heteroatoms. The van der Waals surface area contributed by atoms with Gasteiger partial charge in [0.05, 0.1) is 0 Å². The number of rotatable bonds is 61. The molecule has 123 heavy (non-hydrogen) atoms. The van der Waals surface area contributed by atoms with Crippen LogP contribution in [0.3, 0.4) is 0 Å². The molecular formula is C96H154O18S9. The maximum Gasteiger partial charge on any atom is 0.192 e. The number of carbonyl (C=O) groups is 18. The average Bonchev–Trinajstić information content (AvgIpc) is 1.78. The molecule has 1 heterocycles. The molecule has 18 nitrogen and oxygen atoms in total. The molecule has 0 bridgehead atoms. The van der Waals surface area contributed by atoms with E-state index in [4.69, 9.17) is 0 Å². The van der Waals surface area contributed by atoms with E-state index in [0.29, 0.717) is 91.9 Å². The molecule has 0 aromatic carbocycles. The summed E-state index contributed by atoms with van der Waals surface area (Å²) >= 11 is 12.1. The summed E-state index contributed by atoms with van der Waals surface area (Å²) < 4.78 is 0. The molecule has 3 unspecified atom stereocenters. The summed E-state index contributed by atoms with van der Waals surface area (Å²) in [5, 5.41) is 1.44. The van der Waals surface area contributed by atoms with Crippen molar-refractivity contribution in [2.45, 2.75) is 315 Å². The third-order valence-corrected chi connectivity index (χ3v) is 25.3. The zero-order chi connectivity index (χ0) is 95.7. The number of unbranched alkanes of at least 4 members (excludes halogenated alkanes) is 14. The van der Waals surface area contributed by atoms with E-state index >= 15 is 0 Å². The molecule has 0 aliphatic carbocycles. The van der Waals surface area contributed by atoms with Crippen molar-refractivity contribution in [3.8, 4) is 0 Å². The van der Waals surface area contributed by atoms with E-state index in [9.17, 15) is 86.3 Å². The Hall–Kier alpha value is -5.13. The lowest BCUT2D eigenvalue weighted by Crippen LogP contribution is -2.09. The van der Waals surface area contributed by atoms with Gasteiger partial charge >= 0.3 is 0 Å². The summed E-state index contributed by atoms with van der Waals surface area (Å²) in [6.07, 6.45) is 37.8. The minimum Gasteiger partial charge on any atom is -0.295 e. The van der Waals surface area contributed by atoms with Crippen molar-refractivity contribution in [3.63, 3.8) is 0 Å². The Morgan fingerprint density at radius 3 is 0.764 bits per heavy atom. The highest BCUT2D eigenvalue weighted by atomic mass is 32.2. The van der Waals surface area contributed by atoms with Crippen LogP contribution in [0.4, 0.5) is 0 Å². The first-order valence-corrected chi connectivity index (χ1v) is 51.5. The summed E-state index contributed by atoms with van der Waals surface area (Å²) in [4.78, 5) is 194. The quantitative estimate of drug-likeness (QED) is 0.0403. The highest BCUT2D eigenvalue weighted by molar-refractivity contribution is 8.15. The van der Waals surface area contributed by atoms with Crippen molar-refractivity contribution in [3.05, 3.63) is 112 Å². The molecule has 0 aromatic heterocycles. The van der Waals surface area contributed by atoms with Crippen LogP contribution in [-0.4, -0.2) is 150 Å². The smallest absolute Gasteiger partial charge is 0.192 e. The van der Waals surface area contributed by atoms with E-state index in [1.54, 1.807) is 69.2 Å². The zero-order valence-corrected chi connectivity index (χ0v) is 84.8. The Morgan fingerprint density at radius 1 is 0.293 bits per heavy atom. The predicted octanol–water partition coefficient (Wildman–Crippen LogP) is 24.9. The van der Waals surface area contributed by atoms with E-state index in [1.807, 2.05) is 0 Å². The molecule has 1 aliphatic heterocycles. The van der Waals surface area contributed by atoms with Gasteiger partial charge in [-0.25, -0.2) is 0 Å². The van der Waals surface area contributed by atoms with Crippen molar-refractivity contribution in [1.82, 2.24) is 0 Å². The first-order valence-electron chi connectivity index (χ1n) is 42.6. The van der Waals surface area contributed by atoms with Crippen molar-refractivity contribution in [2.75, 3.05) is 51.8 Å². The SMILES string of the molecule is C=C(C)C(=O)CCCC(C)CSC(C)=O.C=C(C)C(=O)CCCCCCCCCSC(C)=O.C=C(C)C(=O)CCCCSC(C)=O.C=C(C)C(=O)CCCSC(C)=O.C=CC(=O)CC1CCSC1=O.C=CC(=O)CCCC(C)CSC(C)=O.C=CC(=O)CCCCCCCCCSC(C)=O.C=CC(=O)CCCCSC(C)=O.C=CC(=O)CCCSC(C)=O. The molecule has 1 saturated heterocycles. The second kappa shape index (κ2) is 97.5. The van der Waals surface area contributed by atoms with Gasteiger partial charge in [-0.15, -0.1) is 0 Å². The molecule has 1 fully saturated rings. The summed E-state index contributed by atoms with van der Waals surface area (Å²) in [5.74, 6) is 9.54. The van der Waals surface area contributed by atoms with Crippen LogP contribution in [0.5, 0.6) is 0 Å². The Morgan fingerprint density at radius 2 is 0.496 bits per heavy atom. The van der Waals surface area contributed by atoms with Crippen LogP contribution in [0, 0.1) is 17.8 Å². The third-order valence-electron chi connectivity index (χ3n) is 16.6. The van der Waals surface area contributed by atoms with Crippen LogP contribution in [0.2, 0.25) is 0 Å². The van der Waals surface area contributed by atoms with Crippen molar-refractivity contribution in [1.29, 1.82) is 0 Å². The lowest BCUT2D eigenvalue weighted by molar-refractivity contribution is -0.120. The van der Waals surface area contributed by atoms with Crippen LogP contribution >= 0.6 is 106 Å². The Labute approximate surface area is 780 Å². The number of hydrogen-bond acceptors (Lipinski definition) is 27. The van der Waals surface area contributed by atoms with Crippen molar-refractivity contribution < 1.29 is 86.3 Å². The number of carbonyl (C=O) groups excluding carboxylic acids is 18. The lowest BCUT2D eigenvalue weighted by atomic mass is 10.0.